The van der Waals surface area contributed by atoms with Crippen LogP contribution < -0.4 is 16.8 Å². The number of carbonyl (C=O) groups is 1. The number of para-hydroxylation sites is 1. The monoisotopic (exact) mass is 276 g/mol. The molecule has 1 saturated heterocycles. The molecule has 0 aliphatic carbocycles. The fraction of sp³-hybridized carbons (Fsp3) is 0.533. The lowest BCUT2D eigenvalue weighted by Gasteiger charge is -2.20. The number of nitrogens with zero attached hydrogens (tertiary/aromatic N) is 1. The highest BCUT2D eigenvalue weighted by Gasteiger charge is 2.24. The van der Waals surface area contributed by atoms with Crippen molar-refractivity contribution in [2.75, 3.05) is 30.7 Å². The van der Waals surface area contributed by atoms with Gasteiger partial charge in [0.2, 0.25) is 0 Å². The number of nitrogens with two attached hydrogens (primary N) is 2. The standard InChI is InChI=1S/C15H24N4O/c1-10(2)19-7-6-11(9-19)8-18-13-5-3-4-12(14(13)16)15(17)20/h3-5,10-11,18H,6-9,16H2,1-2H3,(H2,17,20). The summed E-state index contributed by atoms with van der Waals surface area (Å²) in [6, 6.07) is 5.94. The molecule has 1 aromatic carbocycles. The first-order valence-corrected chi connectivity index (χ1v) is 7.15. The van der Waals surface area contributed by atoms with Crippen molar-refractivity contribution in [1.29, 1.82) is 0 Å². The maximum atomic E-state index is 11.3. The number of anilines is 2. The van der Waals surface area contributed by atoms with Gasteiger partial charge in [-0.3, -0.25) is 4.79 Å². The molecule has 1 aliphatic rings. The van der Waals surface area contributed by atoms with E-state index in [1.807, 2.05) is 6.07 Å². The zero-order chi connectivity index (χ0) is 14.7. The van der Waals surface area contributed by atoms with Crippen LogP contribution in [-0.4, -0.2) is 36.5 Å². The largest absolute Gasteiger partial charge is 0.396 e. The first kappa shape index (κ1) is 14.7. The van der Waals surface area contributed by atoms with Crippen LogP contribution in [0.15, 0.2) is 18.2 Å². The summed E-state index contributed by atoms with van der Waals surface area (Å²) in [6.45, 7) is 7.59. The van der Waals surface area contributed by atoms with E-state index in [4.69, 9.17) is 11.5 Å². The number of hydrogen-bond donors (Lipinski definition) is 3. The Bertz CT molecular complexity index is 487. The predicted molar refractivity (Wildman–Crippen MR) is 82.7 cm³/mol. The number of likely N-dealkylation sites (tertiary alicyclic amines) is 1. The molecule has 2 rings (SSSR count). The van der Waals surface area contributed by atoms with Gasteiger partial charge in [-0.15, -0.1) is 0 Å². The van der Waals surface area contributed by atoms with Gasteiger partial charge in [-0.2, -0.15) is 0 Å². The topological polar surface area (TPSA) is 84.4 Å². The Morgan fingerprint density at radius 3 is 2.85 bits per heavy atom. The van der Waals surface area contributed by atoms with E-state index in [9.17, 15) is 4.79 Å². The maximum Gasteiger partial charge on any atom is 0.250 e. The van der Waals surface area contributed by atoms with E-state index in [2.05, 4.69) is 24.1 Å². The summed E-state index contributed by atoms with van der Waals surface area (Å²) >= 11 is 0. The van der Waals surface area contributed by atoms with Crippen LogP contribution in [0.2, 0.25) is 0 Å². The fourth-order valence-electron chi connectivity index (χ4n) is 2.69. The maximum absolute atomic E-state index is 11.3. The molecule has 1 heterocycles. The highest BCUT2D eigenvalue weighted by atomic mass is 16.1. The molecule has 5 N–H and O–H groups in total. The summed E-state index contributed by atoms with van der Waals surface area (Å²) in [5, 5.41) is 3.35. The van der Waals surface area contributed by atoms with Gasteiger partial charge in [-0.25, -0.2) is 0 Å². The van der Waals surface area contributed by atoms with Crippen molar-refractivity contribution in [2.45, 2.75) is 26.3 Å². The average Bonchev–Trinajstić information content (AvgIpc) is 2.86. The van der Waals surface area contributed by atoms with Gasteiger partial charge in [0.25, 0.3) is 5.91 Å². The number of amides is 1. The molecule has 1 atom stereocenters. The minimum atomic E-state index is -0.488. The Morgan fingerprint density at radius 2 is 2.25 bits per heavy atom. The van der Waals surface area contributed by atoms with Gasteiger partial charge in [0, 0.05) is 19.1 Å². The second-order valence-corrected chi connectivity index (χ2v) is 5.76. The number of hydrogen-bond acceptors (Lipinski definition) is 4. The molecule has 110 valence electrons. The first-order valence-electron chi connectivity index (χ1n) is 7.15. The Morgan fingerprint density at radius 1 is 1.50 bits per heavy atom. The van der Waals surface area contributed by atoms with Gasteiger partial charge in [0.15, 0.2) is 0 Å². The zero-order valence-corrected chi connectivity index (χ0v) is 12.2. The van der Waals surface area contributed by atoms with Gasteiger partial charge >= 0.3 is 0 Å². The third-order valence-electron chi connectivity index (χ3n) is 4.00. The summed E-state index contributed by atoms with van der Waals surface area (Å²) in [7, 11) is 0. The Labute approximate surface area is 120 Å². The fourth-order valence-corrected chi connectivity index (χ4v) is 2.69. The predicted octanol–water partition coefficient (Wildman–Crippen LogP) is 1.51. The van der Waals surface area contributed by atoms with E-state index < -0.39 is 5.91 Å². The Hall–Kier alpha value is -1.75. The summed E-state index contributed by atoms with van der Waals surface area (Å²) in [5.41, 5.74) is 12.9. The average molecular weight is 276 g/mol. The van der Waals surface area contributed by atoms with Crippen LogP contribution >= 0.6 is 0 Å². The number of nitrogens with one attached hydrogen (secondary N) is 1. The lowest BCUT2D eigenvalue weighted by atomic mass is 10.1. The summed E-state index contributed by atoms with van der Waals surface area (Å²) < 4.78 is 0. The van der Waals surface area contributed by atoms with Gasteiger partial charge in [0.05, 0.1) is 16.9 Å². The second-order valence-electron chi connectivity index (χ2n) is 5.76. The summed E-state index contributed by atoms with van der Waals surface area (Å²) in [5.74, 6) is 0.132. The molecule has 1 aromatic rings. The highest BCUT2D eigenvalue weighted by Crippen LogP contribution is 2.24. The molecule has 5 nitrogen and oxygen atoms in total. The van der Waals surface area contributed by atoms with Crippen LogP contribution in [0.4, 0.5) is 11.4 Å². The molecule has 20 heavy (non-hydrogen) atoms. The third-order valence-corrected chi connectivity index (χ3v) is 4.00. The molecule has 1 amide bonds. The molecular formula is C15H24N4O. The van der Waals surface area contributed by atoms with Crippen molar-refractivity contribution in [3.8, 4) is 0 Å². The van der Waals surface area contributed by atoms with E-state index in [-0.39, 0.29) is 0 Å². The molecular weight excluding hydrogens is 252 g/mol. The number of benzene rings is 1. The summed E-state index contributed by atoms with van der Waals surface area (Å²) in [4.78, 5) is 13.7. The molecule has 0 bridgehead atoms. The molecule has 0 spiro atoms. The lowest BCUT2D eigenvalue weighted by Crippen LogP contribution is -2.29. The molecule has 0 saturated carbocycles. The molecule has 0 radical (unpaired) electrons. The van der Waals surface area contributed by atoms with Crippen LogP contribution in [0, 0.1) is 5.92 Å². The van der Waals surface area contributed by atoms with Crippen molar-refractivity contribution >= 4 is 17.3 Å². The van der Waals surface area contributed by atoms with E-state index in [0.29, 0.717) is 23.2 Å². The minimum Gasteiger partial charge on any atom is -0.396 e. The number of carbonyl (C=O) groups excluding carboxylic acids is 1. The van der Waals surface area contributed by atoms with Crippen LogP contribution in [0.25, 0.3) is 0 Å². The number of primary amides is 1. The van der Waals surface area contributed by atoms with Crippen LogP contribution in [0.5, 0.6) is 0 Å². The SMILES string of the molecule is CC(C)N1CCC(CNc2cccc(C(N)=O)c2N)C1. The highest BCUT2D eigenvalue weighted by molar-refractivity contribution is 6.00. The van der Waals surface area contributed by atoms with Crippen molar-refractivity contribution in [2.24, 2.45) is 11.7 Å². The van der Waals surface area contributed by atoms with E-state index >= 15 is 0 Å². The third kappa shape index (κ3) is 3.22. The second kappa shape index (κ2) is 6.13. The number of nitrogen functional groups attached to an aromatic ring is 1. The zero-order valence-electron chi connectivity index (χ0n) is 12.2. The van der Waals surface area contributed by atoms with Gasteiger partial charge in [0.1, 0.15) is 0 Å². The summed E-state index contributed by atoms with van der Waals surface area (Å²) in [6.07, 6.45) is 1.20. The van der Waals surface area contributed by atoms with E-state index in [1.165, 1.54) is 6.42 Å². The van der Waals surface area contributed by atoms with Crippen LogP contribution in [0.3, 0.4) is 0 Å². The smallest absolute Gasteiger partial charge is 0.250 e. The van der Waals surface area contributed by atoms with Gasteiger partial charge in [-0.1, -0.05) is 6.07 Å². The van der Waals surface area contributed by atoms with Gasteiger partial charge in [-0.05, 0) is 44.9 Å². The normalized spacial score (nSPS) is 19.4. The Kier molecular flexibility index (Phi) is 4.49. The number of rotatable bonds is 5. The van der Waals surface area contributed by atoms with Crippen molar-refractivity contribution < 1.29 is 4.79 Å². The van der Waals surface area contributed by atoms with E-state index in [0.717, 1.165) is 25.3 Å². The molecule has 0 aromatic heterocycles. The first-order chi connectivity index (χ1) is 9.49. The Balaban J connectivity index is 1.95. The van der Waals surface area contributed by atoms with Crippen molar-refractivity contribution in [1.82, 2.24) is 4.90 Å². The lowest BCUT2D eigenvalue weighted by molar-refractivity contribution is 0.100. The molecule has 5 heteroatoms. The van der Waals surface area contributed by atoms with Crippen LogP contribution in [-0.2, 0) is 0 Å². The quantitative estimate of drug-likeness (QED) is 0.712. The van der Waals surface area contributed by atoms with Crippen molar-refractivity contribution in [3.05, 3.63) is 23.8 Å². The van der Waals surface area contributed by atoms with Crippen LogP contribution in [0.1, 0.15) is 30.6 Å². The molecule has 1 aliphatic heterocycles. The van der Waals surface area contributed by atoms with Crippen molar-refractivity contribution in [3.63, 3.8) is 0 Å². The minimum absolute atomic E-state index is 0.380. The molecule has 1 fully saturated rings. The van der Waals surface area contributed by atoms with Gasteiger partial charge < -0.3 is 21.7 Å². The van der Waals surface area contributed by atoms with E-state index in [1.54, 1.807) is 12.1 Å². The molecule has 1 unspecified atom stereocenters.